The van der Waals surface area contributed by atoms with Crippen molar-refractivity contribution < 1.29 is 14.3 Å². The third-order valence-corrected chi connectivity index (χ3v) is 2.46. The maximum atomic E-state index is 11.4. The number of allylic oxidation sites excluding steroid dienone is 1. The number of hydrogen-bond donors (Lipinski definition) is 2. The molecule has 0 saturated heterocycles. The van der Waals surface area contributed by atoms with E-state index < -0.39 is 0 Å². The van der Waals surface area contributed by atoms with E-state index in [1.54, 1.807) is 6.20 Å². The molecule has 1 aromatic carbocycles. The number of fused-ring (bicyclic) bond motifs is 1. The molecule has 1 aromatic rings. The SMILES string of the molecule is CC/C=C/NC(=O)NCc1ccc2c(c1)OCO2. The molecule has 0 aromatic heterocycles. The van der Waals surface area contributed by atoms with Gasteiger partial charge in [0.2, 0.25) is 6.79 Å². The third kappa shape index (κ3) is 3.16. The normalized spacial score (nSPS) is 12.7. The molecule has 0 fully saturated rings. The van der Waals surface area contributed by atoms with Crippen LogP contribution in [0.5, 0.6) is 11.5 Å². The first kappa shape index (κ1) is 12.3. The first-order valence-electron chi connectivity index (χ1n) is 5.87. The van der Waals surface area contributed by atoms with E-state index in [1.807, 2.05) is 31.2 Å². The van der Waals surface area contributed by atoms with Crippen molar-refractivity contribution in [2.24, 2.45) is 0 Å². The molecule has 1 heterocycles. The van der Waals surface area contributed by atoms with Gasteiger partial charge >= 0.3 is 6.03 Å². The van der Waals surface area contributed by atoms with Gasteiger partial charge in [-0.1, -0.05) is 19.1 Å². The Morgan fingerprint density at radius 2 is 2.22 bits per heavy atom. The molecule has 0 radical (unpaired) electrons. The van der Waals surface area contributed by atoms with Gasteiger partial charge < -0.3 is 20.1 Å². The molecule has 0 saturated carbocycles. The molecule has 0 aliphatic carbocycles. The van der Waals surface area contributed by atoms with Crippen molar-refractivity contribution in [3.8, 4) is 11.5 Å². The summed E-state index contributed by atoms with van der Waals surface area (Å²) < 4.78 is 10.5. The molecular formula is C13H16N2O3. The molecule has 0 bridgehead atoms. The number of urea groups is 1. The number of rotatable bonds is 4. The van der Waals surface area contributed by atoms with Gasteiger partial charge in [-0.25, -0.2) is 4.79 Å². The lowest BCUT2D eigenvalue weighted by Gasteiger charge is -2.05. The number of benzene rings is 1. The Morgan fingerprint density at radius 3 is 3.06 bits per heavy atom. The molecular weight excluding hydrogens is 232 g/mol. The largest absolute Gasteiger partial charge is 0.454 e. The smallest absolute Gasteiger partial charge is 0.319 e. The fourth-order valence-electron chi connectivity index (χ4n) is 1.54. The minimum absolute atomic E-state index is 0.225. The van der Waals surface area contributed by atoms with Crippen LogP contribution >= 0.6 is 0 Å². The van der Waals surface area contributed by atoms with Crippen LogP contribution in [-0.2, 0) is 6.54 Å². The minimum Gasteiger partial charge on any atom is -0.454 e. The molecule has 18 heavy (non-hydrogen) atoms. The fourth-order valence-corrected chi connectivity index (χ4v) is 1.54. The van der Waals surface area contributed by atoms with Crippen molar-refractivity contribution in [1.29, 1.82) is 0 Å². The van der Waals surface area contributed by atoms with Gasteiger partial charge in [-0.05, 0) is 24.1 Å². The highest BCUT2D eigenvalue weighted by molar-refractivity contribution is 5.74. The Balaban J connectivity index is 1.83. The Bertz CT molecular complexity index is 458. The van der Waals surface area contributed by atoms with Crippen molar-refractivity contribution >= 4 is 6.03 Å². The lowest BCUT2D eigenvalue weighted by molar-refractivity contribution is 0.174. The summed E-state index contributed by atoms with van der Waals surface area (Å²) in [7, 11) is 0. The van der Waals surface area contributed by atoms with Gasteiger partial charge in [-0.2, -0.15) is 0 Å². The average molecular weight is 248 g/mol. The Labute approximate surface area is 106 Å². The van der Waals surface area contributed by atoms with E-state index in [0.29, 0.717) is 6.54 Å². The zero-order valence-electron chi connectivity index (χ0n) is 10.2. The van der Waals surface area contributed by atoms with E-state index in [1.165, 1.54) is 0 Å². The number of ether oxygens (including phenoxy) is 2. The molecule has 0 unspecified atom stereocenters. The Morgan fingerprint density at radius 1 is 1.39 bits per heavy atom. The van der Waals surface area contributed by atoms with Crippen LogP contribution in [0.3, 0.4) is 0 Å². The fraction of sp³-hybridized carbons (Fsp3) is 0.308. The van der Waals surface area contributed by atoms with Gasteiger partial charge in [-0.3, -0.25) is 0 Å². The van der Waals surface area contributed by atoms with Crippen molar-refractivity contribution in [3.63, 3.8) is 0 Å². The predicted octanol–water partition coefficient (Wildman–Crippen LogP) is 2.14. The van der Waals surface area contributed by atoms with Crippen LogP contribution < -0.4 is 20.1 Å². The van der Waals surface area contributed by atoms with Crippen LogP contribution in [0.2, 0.25) is 0 Å². The van der Waals surface area contributed by atoms with E-state index in [-0.39, 0.29) is 12.8 Å². The molecule has 96 valence electrons. The van der Waals surface area contributed by atoms with Gasteiger partial charge in [-0.15, -0.1) is 0 Å². The van der Waals surface area contributed by atoms with Crippen LogP contribution in [-0.4, -0.2) is 12.8 Å². The maximum absolute atomic E-state index is 11.4. The third-order valence-electron chi connectivity index (χ3n) is 2.46. The molecule has 5 heteroatoms. The highest BCUT2D eigenvalue weighted by Crippen LogP contribution is 2.32. The minimum atomic E-state index is -0.225. The second-order valence-electron chi connectivity index (χ2n) is 3.83. The topological polar surface area (TPSA) is 59.6 Å². The van der Waals surface area contributed by atoms with E-state index in [2.05, 4.69) is 10.6 Å². The van der Waals surface area contributed by atoms with Crippen LogP contribution in [0.15, 0.2) is 30.5 Å². The maximum Gasteiger partial charge on any atom is 0.319 e. The van der Waals surface area contributed by atoms with Gasteiger partial charge in [0.1, 0.15) is 0 Å². The van der Waals surface area contributed by atoms with Crippen LogP contribution in [0.4, 0.5) is 4.79 Å². The molecule has 1 aliphatic heterocycles. The summed E-state index contributed by atoms with van der Waals surface area (Å²) in [4.78, 5) is 11.4. The summed E-state index contributed by atoms with van der Waals surface area (Å²) >= 11 is 0. The summed E-state index contributed by atoms with van der Waals surface area (Å²) in [6.07, 6.45) is 4.40. The van der Waals surface area contributed by atoms with Gasteiger partial charge in [0, 0.05) is 12.7 Å². The van der Waals surface area contributed by atoms with E-state index in [4.69, 9.17) is 9.47 Å². The summed E-state index contributed by atoms with van der Waals surface area (Å²) in [5, 5.41) is 5.37. The first-order valence-corrected chi connectivity index (χ1v) is 5.87. The van der Waals surface area contributed by atoms with Crippen molar-refractivity contribution in [3.05, 3.63) is 36.0 Å². The molecule has 0 atom stereocenters. The quantitative estimate of drug-likeness (QED) is 0.858. The van der Waals surface area contributed by atoms with Gasteiger partial charge in [0.15, 0.2) is 11.5 Å². The highest BCUT2D eigenvalue weighted by Gasteiger charge is 2.13. The summed E-state index contributed by atoms with van der Waals surface area (Å²) in [6, 6.07) is 5.38. The number of carbonyl (C=O) groups excluding carboxylic acids is 1. The highest BCUT2D eigenvalue weighted by atomic mass is 16.7. The summed E-state index contributed by atoms with van der Waals surface area (Å²) in [5.41, 5.74) is 0.967. The summed E-state index contributed by atoms with van der Waals surface area (Å²) in [5.74, 6) is 1.47. The Kier molecular flexibility index (Phi) is 4.06. The molecule has 0 spiro atoms. The first-order chi connectivity index (χ1) is 8.79. The average Bonchev–Trinajstić information content (AvgIpc) is 2.84. The predicted molar refractivity (Wildman–Crippen MR) is 67.4 cm³/mol. The van der Waals surface area contributed by atoms with Crippen molar-refractivity contribution in [1.82, 2.24) is 10.6 Å². The zero-order valence-corrected chi connectivity index (χ0v) is 10.2. The standard InChI is InChI=1S/C13H16N2O3/c1-2-3-6-14-13(16)15-8-10-4-5-11-12(7-10)18-9-17-11/h3-7H,2,8-9H2,1H3,(H2,14,15,16)/b6-3+. The van der Waals surface area contributed by atoms with Crippen LogP contribution in [0.1, 0.15) is 18.9 Å². The molecule has 2 rings (SSSR count). The van der Waals surface area contributed by atoms with E-state index in [9.17, 15) is 4.79 Å². The second-order valence-corrected chi connectivity index (χ2v) is 3.83. The van der Waals surface area contributed by atoms with Crippen molar-refractivity contribution in [2.45, 2.75) is 19.9 Å². The van der Waals surface area contributed by atoms with Crippen LogP contribution in [0.25, 0.3) is 0 Å². The monoisotopic (exact) mass is 248 g/mol. The number of hydrogen-bond acceptors (Lipinski definition) is 3. The lowest BCUT2D eigenvalue weighted by atomic mass is 10.2. The zero-order chi connectivity index (χ0) is 12.8. The van der Waals surface area contributed by atoms with E-state index in [0.717, 1.165) is 23.5 Å². The molecule has 5 nitrogen and oxygen atoms in total. The Hall–Kier alpha value is -2.17. The number of carbonyl (C=O) groups is 1. The lowest BCUT2D eigenvalue weighted by Crippen LogP contribution is -2.31. The molecule has 1 aliphatic rings. The number of amides is 2. The molecule has 2 N–H and O–H groups in total. The summed E-state index contributed by atoms with van der Waals surface area (Å²) in [6.45, 7) is 2.71. The number of nitrogens with one attached hydrogen (secondary N) is 2. The van der Waals surface area contributed by atoms with E-state index >= 15 is 0 Å². The van der Waals surface area contributed by atoms with Gasteiger partial charge in [0.25, 0.3) is 0 Å². The van der Waals surface area contributed by atoms with Crippen molar-refractivity contribution in [2.75, 3.05) is 6.79 Å². The van der Waals surface area contributed by atoms with Gasteiger partial charge in [0.05, 0.1) is 0 Å². The van der Waals surface area contributed by atoms with Crippen LogP contribution in [0, 0.1) is 0 Å². The second kappa shape index (κ2) is 5.95. The molecule has 2 amide bonds.